The van der Waals surface area contributed by atoms with Crippen LogP contribution in [-0.2, 0) is 4.79 Å². The summed E-state index contributed by atoms with van der Waals surface area (Å²) >= 11 is 0. The van der Waals surface area contributed by atoms with Crippen LogP contribution in [-0.4, -0.2) is 29.9 Å². The minimum Gasteiger partial charge on any atom is -0.368 e. The monoisotopic (exact) mass is 183 g/mol. The molecule has 1 saturated heterocycles. The molecule has 0 saturated carbocycles. The maximum absolute atomic E-state index is 11.2. The lowest BCUT2D eigenvalue weighted by atomic mass is 9.92. The smallest absolute Gasteiger partial charge is 0.234 e. The molecule has 0 aliphatic carbocycles. The van der Waals surface area contributed by atoms with Crippen LogP contribution in [0, 0.1) is 5.92 Å². The molecule has 1 radical (unpaired) electrons. The van der Waals surface area contributed by atoms with Gasteiger partial charge in [0.2, 0.25) is 5.91 Å². The van der Waals surface area contributed by atoms with Crippen LogP contribution in [0.25, 0.3) is 0 Å². The van der Waals surface area contributed by atoms with E-state index < -0.39 is 0 Å². The summed E-state index contributed by atoms with van der Waals surface area (Å²) in [5, 5.41) is 0. The lowest BCUT2D eigenvalue weighted by molar-refractivity contribution is -0.124. The summed E-state index contributed by atoms with van der Waals surface area (Å²) in [5.74, 6) is 1.23. The highest BCUT2D eigenvalue weighted by molar-refractivity contribution is 5.80. The highest BCUT2D eigenvalue weighted by atomic mass is 16.1. The van der Waals surface area contributed by atoms with Gasteiger partial charge >= 0.3 is 0 Å². The van der Waals surface area contributed by atoms with Gasteiger partial charge in [0, 0.05) is 0 Å². The van der Waals surface area contributed by atoms with Gasteiger partial charge in [-0.05, 0) is 38.3 Å². The van der Waals surface area contributed by atoms with Crippen molar-refractivity contribution in [3.8, 4) is 0 Å². The van der Waals surface area contributed by atoms with Crippen molar-refractivity contribution in [3.05, 3.63) is 5.92 Å². The van der Waals surface area contributed by atoms with Gasteiger partial charge in [-0.3, -0.25) is 9.69 Å². The summed E-state index contributed by atoms with van der Waals surface area (Å²) in [5.41, 5.74) is 5.36. The number of primary amides is 1. The fraction of sp³-hybridized carbons (Fsp3) is 0.800. The van der Waals surface area contributed by atoms with Crippen LogP contribution in [0.3, 0.4) is 0 Å². The second-order valence-electron chi connectivity index (χ2n) is 3.87. The molecule has 1 atom stereocenters. The molecule has 1 amide bonds. The molecule has 1 fully saturated rings. The van der Waals surface area contributed by atoms with E-state index in [1.807, 2.05) is 0 Å². The van der Waals surface area contributed by atoms with Crippen molar-refractivity contribution in [2.45, 2.75) is 39.2 Å². The fourth-order valence-electron chi connectivity index (χ4n) is 1.89. The van der Waals surface area contributed by atoms with E-state index in [2.05, 4.69) is 18.7 Å². The maximum Gasteiger partial charge on any atom is 0.234 e. The molecule has 0 aromatic carbocycles. The first-order valence-electron chi connectivity index (χ1n) is 4.99. The third kappa shape index (κ3) is 2.69. The minimum absolute atomic E-state index is 0.0475. The Labute approximate surface area is 80.3 Å². The first-order chi connectivity index (χ1) is 6.15. The van der Waals surface area contributed by atoms with Crippen LogP contribution in [0.15, 0.2) is 0 Å². The lowest BCUT2D eigenvalue weighted by Gasteiger charge is -2.36. The molecule has 3 nitrogen and oxygen atoms in total. The number of piperidine rings is 1. The first kappa shape index (κ1) is 10.5. The minimum atomic E-state index is -0.174. The van der Waals surface area contributed by atoms with Crippen molar-refractivity contribution in [3.63, 3.8) is 0 Å². The third-order valence-electron chi connectivity index (χ3n) is 2.65. The molecular formula is C10H19N2O. The average Bonchev–Trinajstić information content (AvgIpc) is 2.08. The SMILES string of the molecule is CCCN1CC[C](C)CC1C(N)=O. The van der Waals surface area contributed by atoms with E-state index in [1.165, 1.54) is 5.92 Å². The fourth-order valence-corrected chi connectivity index (χ4v) is 1.89. The van der Waals surface area contributed by atoms with Gasteiger partial charge in [0.05, 0.1) is 6.04 Å². The molecule has 0 bridgehead atoms. The zero-order chi connectivity index (χ0) is 9.84. The van der Waals surface area contributed by atoms with Crippen LogP contribution in [0.4, 0.5) is 0 Å². The maximum atomic E-state index is 11.2. The summed E-state index contributed by atoms with van der Waals surface area (Å²) in [6, 6.07) is -0.0475. The summed E-state index contributed by atoms with van der Waals surface area (Å²) < 4.78 is 0. The number of carbonyl (C=O) groups is 1. The molecule has 13 heavy (non-hydrogen) atoms. The van der Waals surface area contributed by atoms with Crippen LogP contribution in [0.5, 0.6) is 0 Å². The Bertz CT molecular complexity index is 182. The van der Waals surface area contributed by atoms with Gasteiger partial charge in [-0.15, -0.1) is 0 Å². The zero-order valence-electron chi connectivity index (χ0n) is 8.55. The third-order valence-corrected chi connectivity index (χ3v) is 2.65. The number of rotatable bonds is 3. The summed E-state index contributed by atoms with van der Waals surface area (Å²) in [6.07, 6.45) is 3.06. The van der Waals surface area contributed by atoms with E-state index in [1.54, 1.807) is 0 Å². The van der Waals surface area contributed by atoms with E-state index >= 15 is 0 Å². The van der Waals surface area contributed by atoms with Crippen LogP contribution < -0.4 is 5.73 Å². The molecule has 2 N–H and O–H groups in total. The zero-order valence-corrected chi connectivity index (χ0v) is 8.55. The second-order valence-corrected chi connectivity index (χ2v) is 3.87. The summed E-state index contributed by atoms with van der Waals surface area (Å²) in [4.78, 5) is 13.4. The van der Waals surface area contributed by atoms with Gasteiger partial charge in [0.15, 0.2) is 0 Å². The second kappa shape index (κ2) is 4.61. The molecule has 1 unspecified atom stereocenters. The van der Waals surface area contributed by atoms with Crippen molar-refractivity contribution < 1.29 is 4.79 Å². The van der Waals surface area contributed by atoms with Crippen molar-refractivity contribution in [2.24, 2.45) is 5.73 Å². The standard InChI is InChI=1S/C10H19N2O/c1-3-5-12-6-4-8(2)7-9(12)10(11)13/h9H,3-7H2,1-2H3,(H2,11,13). The average molecular weight is 183 g/mol. The number of amides is 1. The predicted molar refractivity (Wildman–Crippen MR) is 53.0 cm³/mol. The highest BCUT2D eigenvalue weighted by Gasteiger charge is 2.29. The molecule has 1 rings (SSSR count). The molecule has 3 heteroatoms. The van der Waals surface area contributed by atoms with E-state index in [-0.39, 0.29) is 11.9 Å². The molecule has 0 aromatic rings. The van der Waals surface area contributed by atoms with Gasteiger partial charge in [-0.1, -0.05) is 13.8 Å². The molecule has 75 valence electrons. The number of hydrogen-bond donors (Lipinski definition) is 1. The van der Waals surface area contributed by atoms with Crippen molar-refractivity contribution >= 4 is 5.91 Å². The molecular weight excluding hydrogens is 164 g/mol. The summed E-state index contributed by atoms with van der Waals surface area (Å²) in [6.45, 7) is 6.22. The number of nitrogens with zero attached hydrogens (tertiary/aromatic N) is 1. The highest BCUT2D eigenvalue weighted by Crippen LogP contribution is 2.23. The van der Waals surface area contributed by atoms with Crippen LogP contribution >= 0.6 is 0 Å². The van der Waals surface area contributed by atoms with Gasteiger partial charge < -0.3 is 5.73 Å². The Morgan fingerprint density at radius 2 is 2.38 bits per heavy atom. The summed E-state index contributed by atoms with van der Waals surface area (Å²) in [7, 11) is 0. The number of nitrogens with two attached hydrogens (primary N) is 1. The van der Waals surface area contributed by atoms with Gasteiger partial charge in [0.1, 0.15) is 0 Å². The van der Waals surface area contributed by atoms with Crippen molar-refractivity contribution in [1.82, 2.24) is 4.90 Å². The Kier molecular flexibility index (Phi) is 3.72. The predicted octanol–water partition coefficient (Wildman–Crippen LogP) is 0.940. The Hall–Kier alpha value is -0.570. The number of likely N-dealkylation sites (tertiary alicyclic amines) is 1. The first-order valence-corrected chi connectivity index (χ1v) is 4.99. The van der Waals surface area contributed by atoms with Gasteiger partial charge in [-0.25, -0.2) is 0 Å². The van der Waals surface area contributed by atoms with Gasteiger partial charge in [0.25, 0.3) is 0 Å². The molecule has 0 spiro atoms. The Morgan fingerprint density at radius 1 is 1.69 bits per heavy atom. The Morgan fingerprint density at radius 3 is 2.92 bits per heavy atom. The number of carbonyl (C=O) groups excluding carboxylic acids is 1. The van der Waals surface area contributed by atoms with Crippen LogP contribution in [0.2, 0.25) is 0 Å². The van der Waals surface area contributed by atoms with E-state index in [4.69, 9.17) is 5.73 Å². The number of hydrogen-bond acceptors (Lipinski definition) is 2. The van der Waals surface area contributed by atoms with E-state index in [0.717, 1.165) is 32.4 Å². The molecule has 1 heterocycles. The van der Waals surface area contributed by atoms with Crippen molar-refractivity contribution in [2.75, 3.05) is 13.1 Å². The van der Waals surface area contributed by atoms with Gasteiger partial charge in [-0.2, -0.15) is 0 Å². The van der Waals surface area contributed by atoms with Crippen molar-refractivity contribution in [1.29, 1.82) is 0 Å². The lowest BCUT2D eigenvalue weighted by Crippen LogP contribution is -2.49. The van der Waals surface area contributed by atoms with E-state index in [9.17, 15) is 4.79 Å². The molecule has 1 aliphatic rings. The van der Waals surface area contributed by atoms with Crippen LogP contribution in [0.1, 0.15) is 33.1 Å². The topological polar surface area (TPSA) is 46.3 Å². The molecule has 0 aromatic heterocycles. The van der Waals surface area contributed by atoms with E-state index in [0.29, 0.717) is 0 Å². The molecule has 1 aliphatic heterocycles. The largest absolute Gasteiger partial charge is 0.368 e. The quantitative estimate of drug-likeness (QED) is 0.708. The normalized spacial score (nSPS) is 26.2. The Balaban J connectivity index is 2.55.